The van der Waals surface area contributed by atoms with Crippen LogP contribution < -0.4 is 5.32 Å². The summed E-state index contributed by atoms with van der Waals surface area (Å²) in [6.07, 6.45) is 0. The lowest BCUT2D eigenvalue weighted by Gasteiger charge is -2.34. The molecule has 1 fully saturated rings. The Morgan fingerprint density at radius 3 is 2.03 bits per heavy atom. The molecule has 0 atom stereocenters. The highest BCUT2D eigenvalue weighted by Gasteiger charge is 2.21. The van der Waals surface area contributed by atoms with E-state index in [1.54, 1.807) is 6.07 Å². The van der Waals surface area contributed by atoms with E-state index in [1.165, 1.54) is 17.2 Å². The molecule has 0 saturated carbocycles. The summed E-state index contributed by atoms with van der Waals surface area (Å²) in [5.74, 6) is 0.582. The minimum absolute atomic E-state index is 0.0348. The fourth-order valence-electron chi connectivity index (χ4n) is 4.05. The number of nitrogens with zero attached hydrogens (tertiary/aromatic N) is 2. The Morgan fingerprint density at radius 2 is 1.47 bits per heavy atom. The van der Waals surface area contributed by atoms with Crippen LogP contribution in [-0.4, -0.2) is 48.4 Å². The fourth-order valence-corrected chi connectivity index (χ4v) is 4.05. The lowest BCUT2D eigenvalue weighted by molar-refractivity contribution is -0.117. The van der Waals surface area contributed by atoms with Gasteiger partial charge in [-0.05, 0) is 29.0 Å². The quantitative estimate of drug-likeness (QED) is 0.709. The Hall–Kier alpha value is -2.24. The molecular formula is C25H34FN3O. The largest absolute Gasteiger partial charge is 0.324 e. The number of amides is 1. The predicted octanol–water partition coefficient (Wildman–Crippen LogP) is 4.83. The lowest BCUT2D eigenvalue weighted by atomic mass is 9.92. The molecule has 30 heavy (non-hydrogen) atoms. The third-order valence-corrected chi connectivity index (χ3v) is 5.82. The van der Waals surface area contributed by atoms with Gasteiger partial charge in [0.25, 0.3) is 0 Å². The summed E-state index contributed by atoms with van der Waals surface area (Å²) in [6, 6.07) is 13.2. The number of carbonyl (C=O) groups is 1. The second-order valence-corrected chi connectivity index (χ2v) is 8.81. The van der Waals surface area contributed by atoms with Crippen molar-refractivity contribution in [3.05, 3.63) is 65.0 Å². The van der Waals surface area contributed by atoms with Crippen LogP contribution in [0, 0.1) is 5.82 Å². The van der Waals surface area contributed by atoms with E-state index in [4.69, 9.17) is 0 Å². The minimum atomic E-state index is -0.149. The maximum absolute atomic E-state index is 13.9. The van der Waals surface area contributed by atoms with E-state index in [9.17, 15) is 9.18 Å². The van der Waals surface area contributed by atoms with Crippen molar-refractivity contribution in [3.63, 3.8) is 0 Å². The molecule has 0 aliphatic carbocycles. The van der Waals surface area contributed by atoms with Crippen LogP contribution in [0.3, 0.4) is 0 Å². The zero-order valence-corrected chi connectivity index (χ0v) is 18.6. The first-order chi connectivity index (χ1) is 14.3. The van der Waals surface area contributed by atoms with Gasteiger partial charge in [-0.1, -0.05) is 64.1 Å². The SMILES string of the molecule is CC(C)c1cccc(C(C)C)c1NC(=O)CN1CCN(Cc2ccccc2F)CC1. The van der Waals surface area contributed by atoms with E-state index in [0.29, 0.717) is 24.9 Å². The number of carbonyl (C=O) groups excluding carboxylic acids is 1. The number of benzene rings is 2. The standard InChI is InChI=1S/C25H34FN3O/c1-18(2)21-9-7-10-22(19(3)4)25(21)27-24(30)17-29-14-12-28(13-15-29)16-20-8-5-6-11-23(20)26/h5-11,18-19H,12-17H2,1-4H3,(H,27,30). The zero-order chi connectivity index (χ0) is 21.7. The van der Waals surface area contributed by atoms with Gasteiger partial charge < -0.3 is 5.32 Å². The number of hydrogen-bond donors (Lipinski definition) is 1. The van der Waals surface area contributed by atoms with Gasteiger partial charge in [-0.25, -0.2) is 4.39 Å². The molecule has 2 aromatic rings. The van der Waals surface area contributed by atoms with Crippen LogP contribution >= 0.6 is 0 Å². The molecule has 4 nitrogen and oxygen atoms in total. The smallest absolute Gasteiger partial charge is 0.238 e. The van der Waals surface area contributed by atoms with Crippen molar-refractivity contribution in [1.29, 1.82) is 0 Å². The van der Waals surface area contributed by atoms with Gasteiger partial charge in [-0.2, -0.15) is 0 Å². The number of para-hydroxylation sites is 1. The molecular weight excluding hydrogens is 377 g/mol. The second-order valence-electron chi connectivity index (χ2n) is 8.81. The van der Waals surface area contributed by atoms with E-state index < -0.39 is 0 Å². The average Bonchev–Trinajstić information content (AvgIpc) is 2.71. The Bertz CT molecular complexity index is 831. The van der Waals surface area contributed by atoms with Crippen LogP contribution in [0.4, 0.5) is 10.1 Å². The van der Waals surface area contributed by atoms with Crippen LogP contribution in [0.1, 0.15) is 56.2 Å². The summed E-state index contributed by atoms with van der Waals surface area (Å²) in [6.45, 7) is 12.9. The number of halogens is 1. The van der Waals surface area contributed by atoms with Crippen molar-refractivity contribution in [2.45, 2.75) is 46.1 Å². The molecule has 1 N–H and O–H groups in total. The van der Waals surface area contributed by atoms with E-state index in [1.807, 2.05) is 12.1 Å². The highest BCUT2D eigenvalue weighted by molar-refractivity contribution is 5.94. The first kappa shape index (κ1) is 22.4. The van der Waals surface area contributed by atoms with Gasteiger partial charge in [0.2, 0.25) is 5.91 Å². The number of rotatable bonds is 7. The molecule has 3 rings (SSSR count). The number of piperazine rings is 1. The van der Waals surface area contributed by atoms with Gasteiger partial charge >= 0.3 is 0 Å². The summed E-state index contributed by atoms with van der Waals surface area (Å²) >= 11 is 0. The van der Waals surface area contributed by atoms with E-state index in [0.717, 1.165) is 37.4 Å². The third-order valence-electron chi connectivity index (χ3n) is 5.82. The molecule has 0 aromatic heterocycles. The van der Waals surface area contributed by atoms with Crippen molar-refractivity contribution < 1.29 is 9.18 Å². The molecule has 2 aromatic carbocycles. The molecule has 0 spiro atoms. The summed E-state index contributed by atoms with van der Waals surface area (Å²) < 4.78 is 13.9. The number of nitrogens with one attached hydrogen (secondary N) is 1. The fraction of sp³-hybridized carbons (Fsp3) is 0.480. The first-order valence-corrected chi connectivity index (χ1v) is 11.0. The molecule has 0 bridgehead atoms. The number of anilines is 1. The van der Waals surface area contributed by atoms with Crippen molar-refractivity contribution >= 4 is 11.6 Å². The van der Waals surface area contributed by atoms with Crippen LogP contribution in [0.5, 0.6) is 0 Å². The predicted molar refractivity (Wildman–Crippen MR) is 121 cm³/mol. The Balaban J connectivity index is 1.56. The molecule has 1 heterocycles. The third kappa shape index (κ3) is 5.67. The molecule has 162 valence electrons. The number of hydrogen-bond acceptors (Lipinski definition) is 3. The highest BCUT2D eigenvalue weighted by Crippen LogP contribution is 2.32. The first-order valence-electron chi connectivity index (χ1n) is 11.0. The summed E-state index contributed by atoms with van der Waals surface area (Å²) in [4.78, 5) is 17.3. The van der Waals surface area contributed by atoms with Crippen molar-refractivity contribution in [1.82, 2.24) is 9.80 Å². The summed E-state index contributed by atoms with van der Waals surface area (Å²) in [7, 11) is 0. The molecule has 1 aliphatic rings. The van der Waals surface area contributed by atoms with Gasteiger partial charge in [-0.3, -0.25) is 14.6 Å². The van der Waals surface area contributed by atoms with Crippen molar-refractivity contribution in [2.75, 3.05) is 38.0 Å². The molecule has 0 radical (unpaired) electrons. The monoisotopic (exact) mass is 411 g/mol. The van der Waals surface area contributed by atoms with Gasteiger partial charge in [0.05, 0.1) is 6.54 Å². The maximum Gasteiger partial charge on any atom is 0.238 e. The second kappa shape index (κ2) is 10.2. The van der Waals surface area contributed by atoms with Gasteiger partial charge in [0.1, 0.15) is 5.82 Å². The summed E-state index contributed by atoms with van der Waals surface area (Å²) in [5.41, 5.74) is 4.08. The zero-order valence-electron chi connectivity index (χ0n) is 18.6. The molecule has 1 saturated heterocycles. The van der Waals surface area contributed by atoms with Crippen molar-refractivity contribution in [3.8, 4) is 0 Å². The van der Waals surface area contributed by atoms with Crippen LogP contribution in [0.2, 0.25) is 0 Å². The van der Waals surface area contributed by atoms with Gasteiger partial charge in [0.15, 0.2) is 0 Å². The van der Waals surface area contributed by atoms with Crippen LogP contribution in [0.15, 0.2) is 42.5 Å². The molecule has 1 amide bonds. The van der Waals surface area contributed by atoms with E-state index in [2.05, 4.69) is 61.0 Å². The Morgan fingerprint density at radius 1 is 0.900 bits per heavy atom. The molecule has 5 heteroatoms. The van der Waals surface area contributed by atoms with Crippen molar-refractivity contribution in [2.24, 2.45) is 0 Å². The molecule has 1 aliphatic heterocycles. The summed E-state index contributed by atoms with van der Waals surface area (Å²) in [5, 5.41) is 3.20. The van der Waals surface area contributed by atoms with E-state index in [-0.39, 0.29) is 11.7 Å². The van der Waals surface area contributed by atoms with Gasteiger partial charge in [-0.15, -0.1) is 0 Å². The normalized spacial score (nSPS) is 15.7. The lowest BCUT2D eigenvalue weighted by Crippen LogP contribution is -2.48. The van der Waals surface area contributed by atoms with E-state index >= 15 is 0 Å². The minimum Gasteiger partial charge on any atom is -0.324 e. The Kier molecular flexibility index (Phi) is 7.62. The average molecular weight is 412 g/mol. The molecule has 0 unspecified atom stereocenters. The van der Waals surface area contributed by atoms with Crippen LogP contribution in [0.25, 0.3) is 0 Å². The maximum atomic E-state index is 13.9. The van der Waals surface area contributed by atoms with Gasteiger partial charge in [0, 0.05) is 44.0 Å². The topological polar surface area (TPSA) is 35.6 Å². The highest BCUT2D eigenvalue weighted by atomic mass is 19.1. The Labute approximate surface area is 180 Å². The van der Waals surface area contributed by atoms with Crippen LogP contribution in [-0.2, 0) is 11.3 Å².